The first kappa shape index (κ1) is 17.5. The number of benzene rings is 1. The van der Waals surface area contributed by atoms with Crippen LogP contribution in [0.25, 0.3) is 6.08 Å². The molecule has 0 aromatic heterocycles. The fourth-order valence-electron chi connectivity index (χ4n) is 1.56. The predicted molar refractivity (Wildman–Crippen MR) is 65.2 cm³/mol. The van der Waals surface area contributed by atoms with Crippen LogP contribution in [-0.2, 0) is 0 Å². The molecule has 1 aromatic rings. The average Bonchev–Trinajstić information content (AvgIpc) is 2.35. The number of carbonyl (C=O) groups is 2. The standard InChI is InChI=1S/C13H7F6NO2/c1-2-3-6-4-9(20)8(11(22)13(17,18)19)5-7(6)10(21)12(14,15)16/h3-5H,1,20H2. The molecule has 0 aliphatic carbocycles. The number of nitrogens with two attached hydrogens (primary N) is 1. The van der Waals surface area contributed by atoms with Crippen molar-refractivity contribution in [3.8, 4) is 0 Å². The third kappa shape index (κ3) is 3.56. The number of alkyl halides is 6. The topological polar surface area (TPSA) is 60.2 Å². The summed E-state index contributed by atoms with van der Waals surface area (Å²) in [5.74, 6) is -4.86. The molecule has 0 aliphatic heterocycles. The second-order valence-corrected chi connectivity index (χ2v) is 4.03. The Kier molecular flexibility index (Phi) is 4.53. The van der Waals surface area contributed by atoms with Crippen LogP contribution >= 0.6 is 0 Å². The highest BCUT2D eigenvalue weighted by molar-refractivity contribution is 6.09. The maximum Gasteiger partial charge on any atom is 0.454 e. The van der Waals surface area contributed by atoms with Crippen molar-refractivity contribution in [3.63, 3.8) is 0 Å². The number of carbonyl (C=O) groups excluding carboxylic acids is 2. The van der Waals surface area contributed by atoms with Gasteiger partial charge in [-0.2, -0.15) is 26.3 Å². The van der Waals surface area contributed by atoms with Gasteiger partial charge in [-0.05, 0) is 23.8 Å². The molecule has 0 unspecified atom stereocenters. The summed E-state index contributed by atoms with van der Waals surface area (Å²) in [5, 5.41) is 0. The van der Waals surface area contributed by atoms with E-state index in [1.807, 2.05) is 0 Å². The van der Waals surface area contributed by atoms with E-state index in [0.717, 1.165) is 6.08 Å². The van der Waals surface area contributed by atoms with Crippen molar-refractivity contribution in [3.05, 3.63) is 41.1 Å². The fraction of sp³-hybridized carbons (Fsp3) is 0.154. The Balaban J connectivity index is 3.64. The summed E-state index contributed by atoms with van der Waals surface area (Å²) >= 11 is 0. The molecule has 0 heterocycles. The summed E-state index contributed by atoms with van der Waals surface area (Å²) in [4.78, 5) is 22.4. The van der Waals surface area contributed by atoms with Crippen molar-refractivity contribution in [1.29, 1.82) is 0 Å². The van der Waals surface area contributed by atoms with Gasteiger partial charge in [0.1, 0.15) is 0 Å². The van der Waals surface area contributed by atoms with E-state index in [-0.39, 0.29) is 6.07 Å². The smallest absolute Gasteiger partial charge is 0.398 e. The molecule has 0 saturated heterocycles. The van der Waals surface area contributed by atoms with E-state index in [0.29, 0.717) is 6.07 Å². The van der Waals surface area contributed by atoms with Crippen LogP contribution < -0.4 is 5.73 Å². The van der Waals surface area contributed by atoms with Gasteiger partial charge in [0, 0.05) is 11.3 Å². The van der Waals surface area contributed by atoms with Gasteiger partial charge in [0.2, 0.25) is 0 Å². The van der Waals surface area contributed by atoms with Crippen LogP contribution in [0, 0.1) is 0 Å². The van der Waals surface area contributed by atoms with Gasteiger partial charge in [-0.3, -0.25) is 9.59 Å². The van der Waals surface area contributed by atoms with E-state index in [1.165, 1.54) is 0 Å². The van der Waals surface area contributed by atoms with Crippen LogP contribution in [0.5, 0.6) is 0 Å². The molecule has 0 amide bonds. The largest absolute Gasteiger partial charge is 0.454 e. The second kappa shape index (κ2) is 5.69. The summed E-state index contributed by atoms with van der Waals surface area (Å²) in [6, 6.07) is 0.820. The quantitative estimate of drug-likeness (QED) is 0.400. The van der Waals surface area contributed by atoms with Gasteiger partial charge < -0.3 is 5.73 Å². The minimum atomic E-state index is -5.34. The summed E-state index contributed by atoms with van der Waals surface area (Å²) in [6.07, 6.45) is -9.85. The third-order valence-electron chi connectivity index (χ3n) is 2.48. The molecule has 0 fully saturated rings. The lowest BCUT2D eigenvalue weighted by Gasteiger charge is -2.13. The van der Waals surface area contributed by atoms with Crippen molar-refractivity contribution in [2.45, 2.75) is 12.4 Å². The molecule has 0 aliphatic rings. The first-order valence-electron chi connectivity index (χ1n) is 5.42. The molecule has 0 atom stereocenters. The van der Waals surface area contributed by atoms with Gasteiger partial charge in [0.25, 0.3) is 11.6 Å². The van der Waals surface area contributed by atoms with Crippen molar-refractivity contribution < 1.29 is 35.9 Å². The number of hydrogen-bond acceptors (Lipinski definition) is 3. The van der Waals surface area contributed by atoms with E-state index >= 15 is 0 Å². The van der Waals surface area contributed by atoms with Crippen LogP contribution in [0.15, 0.2) is 24.4 Å². The number of hydrogen-bond donors (Lipinski definition) is 1. The minimum Gasteiger partial charge on any atom is -0.398 e. The molecule has 0 radical (unpaired) electrons. The zero-order valence-corrected chi connectivity index (χ0v) is 10.6. The van der Waals surface area contributed by atoms with Crippen molar-refractivity contribution in [2.75, 3.05) is 5.73 Å². The molecular weight excluding hydrogens is 316 g/mol. The third-order valence-corrected chi connectivity index (χ3v) is 2.48. The van der Waals surface area contributed by atoms with Gasteiger partial charge in [0.05, 0.1) is 5.56 Å². The number of Topliss-reactive ketones (excluding diaryl/α,β-unsaturated/α-hetero) is 2. The monoisotopic (exact) mass is 323 g/mol. The lowest BCUT2D eigenvalue weighted by molar-refractivity contribution is -0.0887. The Hall–Kier alpha value is -2.54. The first-order chi connectivity index (χ1) is 9.89. The normalized spacial score (nSPS) is 11.7. The summed E-state index contributed by atoms with van der Waals surface area (Å²) in [7, 11) is 0. The van der Waals surface area contributed by atoms with Gasteiger partial charge in [0.15, 0.2) is 0 Å². The molecule has 0 bridgehead atoms. The van der Waals surface area contributed by atoms with E-state index in [4.69, 9.17) is 5.73 Å². The molecule has 1 aromatic carbocycles. The maximum atomic E-state index is 12.5. The highest BCUT2D eigenvalue weighted by atomic mass is 19.4. The van der Waals surface area contributed by atoms with Gasteiger partial charge in [-0.15, -0.1) is 5.73 Å². The van der Waals surface area contributed by atoms with Gasteiger partial charge in [-0.1, -0.05) is 6.58 Å². The van der Waals surface area contributed by atoms with E-state index < -0.39 is 46.3 Å². The Morgan fingerprint density at radius 3 is 1.86 bits per heavy atom. The SMILES string of the molecule is C=C=Cc1cc(N)c(C(=O)C(F)(F)F)cc1C(=O)C(F)(F)F. The van der Waals surface area contributed by atoms with Crippen LogP contribution in [0.2, 0.25) is 0 Å². The highest BCUT2D eigenvalue weighted by Gasteiger charge is 2.43. The second-order valence-electron chi connectivity index (χ2n) is 4.03. The molecule has 0 spiro atoms. The Morgan fingerprint density at radius 2 is 1.45 bits per heavy atom. The van der Waals surface area contributed by atoms with E-state index in [1.54, 1.807) is 0 Å². The maximum absolute atomic E-state index is 12.5. The van der Waals surface area contributed by atoms with Crippen LogP contribution in [-0.4, -0.2) is 23.9 Å². The van der Waals surface area contributed by atoms with Crippen LogP contribution in [0.1, 0.15) is 26.3 Å². The molecular formula is C13H7F6NO2. The van der Waals surface area contributed by atoms with Crippen molar-refractivity contribution in [1.82, 2.24) is 0 Å². The Morgan fingerprint density at radius 1 is 1.00 bits per heavy atom. The zero-order valence-electron chi connectivity index (χ0n) is 10.6. The Labute approximate surface area is 119 Å². The lowest BCUT2D eigenvalue weighted by atomic mass is 9.96. The predicted octanol–water partition coefficient (Wildman–Crippen LogP) is 3.56. The van der Waals surface area contributed by atoms with Crippen LogP contribution in [0.4, 0.5) is 32.0 Å². The molecule has 1 rings (SSSR count). The van der Waals surface area contributed by atoms with E-state index in [9.17, 15) is 35.9 Å². The minimum absolute atomic E-state index is 0.171. The molecule has 0 saturated carbocycles. The molecule has 2 N–H and O–H groups in total. The van der Waals surface area contributed by atoms with Crippen LogP contribution in [0.3, 0.4) is 0 Å². The summed E-state index contributed by atoms with van der Waals surface area (Å²) < 4.78 is 74.6. The Bertz CT molecular complexity index is 681. The zero-order chi connectivity index (χ0) is 17.3. The number of nitrogen functional groups attached to an aromatic ring is 1. The number of rotatable bonds is 3. The molecule has 118 valence electrons. The van der Waals surface area contributed by atoms with Gasteiger partial charge >= 0.3 is 12.4 Å². The molecule has 9 heteroatoms. The van der Waals surface area contributed by atoms with Crippen molar-refractivity contribution in [2.24, 2.45) is 0 Å². The summed E-state index contributed by atoms with van der Waals surface area (Å²) in [6.45, 7) is 3.08. The average molecular weight is 323 g/mol. The van der Waals surface area contributed by atoms with E-state index in [2.05, 4.69) is 12.3 Å². The lowest BCUT2D eigenvalue weighted by Crippen LogP contribution is -2.27. The highest BCUT2D eigenvalue weighted by Crippen LogP contribution is 2.31. The first-order valence-corrected chi connectivity index (χ1v) is 5.42. The molecule has 3 nitrogen and oxygen atoms in total. The fourth-order valence-corrected chi connectivity index (χ4v) is 1.56. The number of ketones is 2. The van der Waals surface area contributed by atoms with Crippen molar-refractivity contribution >= 4 is 23.3 Å². The number of anilines is 1. The summed E-state index contributed by atoms with van der Waals surface area (Å²) in [5.41, 5.74) is 3.77. The van der Waals surface area contributed by atoms with Gasteiger partial charge in [-0.25, -0.2) is 0 Å². The number of halogens is 6. The molecule has 22 heavy (non-hydrogen) atoms.